The van der Waals surface area contributed by atoms with E-state index in [4.69, 9.17) is 5.11 Å². The molecule has 1 aromatic heterocycles. The second kappa shape index (κ2) is 6.69. The molecule has 0 amide bonds. The maximum atomic E-state index is 9.12. The zero-order valence-corrected chi connectivity index (χ0v) is 12.1. The van der Waals surface area contributed by atoms with Crippen LogP contribution in [-0.2, 0) is 6.61 Å². The first-order valence-electron chi connectivity index (χ1n) is 6.63. The van der Waals surface area contributed by atoms with Crippen LogP contribution in [0.1, 0.15) is 39.1 Å². The third-order valence-corrected chi connectivity index (χ3v) is 3.28. The van der Waals surface area contributed by atoms with Gasteiger partial charge in [-0.05, 0) is 30.7 Å². The van der Waals surface area contributed by atoms with E-state index in [0.717, 1.165) is 12.2 Å². The number of anilines is 1. The molecule has 0 aliphatic carbocycles. The maximum Gasteiger partial charge on any atom is 0.223 e. The van der Waals surface area contributed by atoms with E-state index in [0.29, 0.717) is 29.4 Å². The minimum Gasteiger partial charge on any atom is -0.390 e. The molecule has 0 unspecified atom stereocenters. The summed E-state index contributed by atoms with van der Waals surface area (Å²) in [7, 11) is 0. The van der Waals surface area contributed by atoms with Crippen molar-refractivity contribution < 1.29 is 5.11 Å². The molecule has 0 atom stereocenters. The van der Waals surface area contributed by atoms with E-state index < -0.39 is 0 Å². The topological polar surface area (TPSA) is 58.0 Å². The largest absolute Gasteiger partial charge is 0.390 e. The second-order valence-electron chi connectivity index (χ2n) is 5.52. The molecule has 0 radical (unpaired) electrons. The normalized spacial score (nSPS) is 11.6. The van der Waals surface area contributed by atoms with Crippen molar-refractivity contribution >= 4 is 5.95 Å². The summed E-state index contributed by atoms with van der Waals surface area (Å²) in [6, 6.07) is 1.80. The summed E-state index contributed by atoms with van der Waals surface area (Å²) >= 11 is 0. The second-order valence-corrected chi connectivity index (χ2v) is 5.52. The van der Waals surface area contributed by atoms with Gasteiger partial charge in [0, 0.05) is 12.2 Å². The molecule has 4 nitrogen and oxygen atoms in total. The van der Waals surface area contributed by atoms with Gasteiger partial charge in [-0.25, -0.2) is 9.97 Å². The molecule has 1 aromatic rings. The zero-order valence-electron chi connectivity index (χ0n) is 12.1. The molecular weight excluding hydrogens is 226 g/mol. The van der Waals surface area contributed by atoms with Crippen molar-refractivity contribution in [2.75, 3.05) is 11.9 Å². The van der Waals surface area contributed by atoms with Crippen molar-refractivity contribution in [2.45, 2.75) is 41.2 Å². The summed E-state index contributed by atoms with van der Waals surface area (Å²) in [5.74, 6) is 2.45. The van der Waals surface area contributed by atoms with Crippen LogP contribution in [0.3, 0.4) is 0 Å². The Labute approximate surface area is 110 Å². The summed E-state index contributed by atoms with van der Waals surface area (Å²) in [5.41, 5.74) is 1.54. The highest BCUT2D eigenvalue weighted by atomic mass is 16.3. The minimum absolute atomic E-state index is 0.0458. The van der Waals surface area contributed by atoms with Gasteiger partial charge in [0.1, 0.15) is 0 Å². The van der Waals surface area contributed by atoms with Gasteiger partial charge in [-0.2, -0.15) is 0 Å². The molecule has 0 bridgehead atoms. The van der Waals surface area contributed by atoms with Gasteiger partial charge in [0.15, 0.2) is 0 Å². The molecule has 0 saturated heterocycles. The first kappa shape index (κ1) is 14.9. The van der Waals surface area contributed by atoms with Crippen LogP contribution in [0.25, 0.3) is 0 Å². The van der Waals surface area contributed by atoms with E-state index >= 15 is 0 Å². The van der Waals surface area contributed by atoms with E-state index in [-0.39, 0.29) is 6.61 Å². The molecule has 0 aliphatic heterocycles. The molecule has 0 saturated carbocycles. The lowest BCUT2D eigenvalue weighted by Gasteiger charge is -2.25. The molecule has 0 spiro atoms. The lowest BCUT2D eigenvalue weighted by atomic mass is 9.85. The van der Waals surface area contributed by atoms with Crippen molar-refractivity contribution in [3.8, 4) is 0 Å². The molecule has 1 rings (SSSR count). The predicted octanol–water partition coefficient (Wildman–Crippen LogP) is 2.62. The number of hydrogen-bond acceptors (Lipinski definition) is 4. The van der Waals surface area contributed by atoms with Gasteiger partial charge >= 0.3 is 0 Å². The SMILES string of the molecule is Cc1cc(CO)nc(NCC(C(C)C)C(C)C)n1. The van der Waals surface area contributed by atoms with Crippen molar-refractivity contribution in [3.05, 3.63) is 17.5 Å². The van der Waals surface area contributed by atoms with Crippen LogP contribution < -0.4 is 5.32 Å². The first-order chi connectivity index (χ1) is 8.43. The predicted molar refractivity (Wildman–Crippen MR) is 74.3 cm³/mol. The molecule has 0 fully saturated rings. The molecule has 1 heterocycles. The minimum atomic E-state index is -0.0458. The lowest BCUT2D eigenvalue weighted by Crippen LogP contribution is -2.25. The van der Waals surface area contributed by atoms with Crippen LogP contribution in [0.15, 0.2) is 6.07 Å². The fourth-order valence-corrected chi connectivity index (χ4v) is 2.24. The smallest absolute Gasteiger partial charge is 0.223 e. The summed E-state index contributed by atoms with van der Waals surface area (Å²) in [5, 5.41) is 12.4. The Hall–Kier alpha value is -1.16. The Morgan fingerprint density at radius 2 is 1.78 bits per heavy atom. The van der Waals surface area contributed by atoms with Gasteiger partial charge < -0.3 is 10.4 Å². The average molecular weight is 251 g/mol. The first-order valence-corrected chi connectivity index (χ1v) is 6.63. The number of aromatic nitrogens is 2. The Bertz CT molecular complexity index is 369. The standard InChI is InChI=1S/C14H25N3O/c1-9(2)13(10(3)4)7-15-14-16-11(5)6-12(8-18)17-14/h6,9-10,13,18H,7-8H2,1-5H3,(H,15,16,17). The highest BCUT2D eigenvalue weighted by Gasteiger charge is 2.17. The van der Waals surface area contributed by atoms with Crippen molar-refractivity contribution in [1.82, 2.24) is 9.97 Å². The Morgan fingerprint density at radius 3 is 2.28 bits per heavy atom. The quantitative estimate of drug-likeness (QED) is 0.816. The molecule has 0 aromatic carbocycles. The molecular formula is C14H25N3O. The van der Waals surface area contributed by atoms with E-state index in [2.05, 4.69) is 43.0 Å². The number of rotatable bonds is 6. The molecule has 18 heavy (non-hydrogen) atoms. The van der Waals surface area contributed by atoms with Crippen LogP contribution in [0, 0.1) is 24.7 Å². The van der Waals surface area contributed by atoms with E-state index in [1.165, 1.54) is 0 Å². The van der Waals surface area contributed by atoms with Gasteiger partial charge in [0.2, 0.25) is 5.95 Å². The van der Waals surface area contributed by atoms with Crippen LogP contribution in [0.2, 0.25) is 0 Å². The molecule has 4 heteroatoms. The number of aliphatic hydroxyl groups is 1. The fourth-order valence-electron chi connectivity index (χ4n) is 2.24. The Balaban J connectivity index is 2.70. The lowest BCUT2D eigenvalue weighted by molar-refractivity contribution is 0.276. The summed E-state index contributed by atoms with van der Waals surface area (Å²) < 4.78 is 0. The number of hydrogen-bond donors (Lipinski definition) is 2. The van der Waals surface area contributed by atoms with E-state index in [1.54, 1.807) is 6.07 Å². The molecule has 2 N–H and O–H groups in total. The van der Waals surface area contributed by atoms with Crippen LogP contribution in [0.4, 0.5) is 5.95 Å². The monoisotopic (exact) mass is 251 g/mol. The number of aryl methyl sites for hydroxylation is 1. The van der Waals surface area contributed by atoms with Gasteiger partial charge in [-0.15, -0.1) is 0 Å². The average Bonchev–Trinajstić information content (AvgIpc) is 2.27. The van der Waals surface area contributed by atoms with Gasteiger partial charge in [0.25, 0.3) is 0 Å². The summed E-state index contributed by atoms with van der Waals surface area (Å²) in [6.45, 7) is 11.7. The van der Waals surface area contributed by atoms with Crippen molar-refractivity contribution in [3.63, 3.8) is 0 Å². The number of nitrogens with one attached hydrogen (secondary N) is 1. The van der Waals surface area contributed by atoms with Gasteiger partial charge in [0.05, 0.1) is 12.3 Å². The highest BCUT2D eigenvalue weighted by molar-refractivity contribution is 5.27. The number of aliphatic hydroxyl groups excluding tert-OH is 1. The molecule has 102 valence electrons. The fraction of sp³-hybridized carbons (Fsp3) is 0.714. The van der Waals surface area contributed by atoms with Gasteiger partial charge in [-0.1, -0.05) is 27.7 Å². The van der Waals surface area contributed by atoms with Crippen LogP contribution in [-0.4, -0.2) is 21.6 Å². The Morgan fingerprint density at radius 1 is 1.17 bits per heavy atom. The van der Waals surface area contributed by atoms with Crippen LogP contribution >= 0.6 is 0 Å². The third kappa shape index (κ3) is 4.26. The Kier molecular flexibility index (Phi) is 5.54. The van der Waals surface area contributed by atoms with Crippen LogP contribution in [0.5, 0.6) is 0 Å². The molecule has 0 aliphatic rings. The number of nitrogens with zero attached hydrogens (tertiary/aromatic N) is 2. The van der Waals surface area contributed by atoms with E-state index in [1.807, 2.05) is 6.92 Å². The highest BCUT2D eigenvalue weighted by Crippen LogP contribution is 2.20. The van der Waals surface area contributed by atoms with Gasteiger partial charge in [-0.3, -0.25) is 0 Å². The maximum absolute atomic E-state index is 9.12. The third-order valence-electron chi connectivity index (χ3n) is 3.28. The summed E-state index contributed by atoms with van der Waals surface area (Å²) in [4.78, 5) is 8.61. The summed E-state index contributed by atoms with van der Waals surface area (Å²) in [6.07, 6.45) is 0. The van der Waals surface area contributed by atoms with E-state index in [9.17, 15) is 0 Å². The van der Waals surface area contributed by atoms with Crippen molar-refractivity contribution in [1.29, 1.82) is 0 Å². The zero-order chi connectivity index (χ0) is 13.7. The van der Waals surface area contributed by atoms with Crippen molar-refractivity contribution in [2.24, 2.45) is 17.8 Å².